The lowest BCUT2D eigenvalue weighted by molar-refractivity contribution is -0.135. The topological polar surface area (TPSA) is 88.3 Å². The Morgan fingerprint density at radius 1 is 1.42 bits per heavy atom. The zero-order valence-corrected chi connectivity index (χ0v) is 14.8. The first-order valence-corrected chi connectivity index (χ1v) is 9.59. The van der Waals surface area contributed by atoms with Crippen LogP contribution >= 0.6 is 11.8 Å². The number of nitrogens with zero attached hydrogens (tertiary/aromatic N) is 2. The van der Waals surface area contributed by atoms with Gasteiger partial charge in [0.25, 0.3) is 0 Å². The zero-order valence-electron chi connectivity index (χ0n) is 13.9. The number of likely N-dealkylation sites (tertiary alicyclic amines) is 1. The maximum absolute atomic E-state index is 12.3. The van der Waals surface area contributed by atoms with E-state index >= 15 is 0 Å². The van der Waals surface area contributed by atoms with E-state index in [9.17, 15) is 9.59 Å². The smallest absolute Gasteiger partial charge is 0.224 e. The molecule has 1 aromatic rings. The summed E-state index contributed by atoms with van der Waals surface area (Å²) in [4.78, 5) is 30.5. The van der Waals surface area contributed by atoms with Gasteiger partial charge in [-0.15, -0.1) is 0 Å². The molecule has 1 unspecified atom stereocenters. The zero-order chi connectivity index (χ0) is 17.2. The van der Waals surface area contributed by atoms with Crippen LogP contribution in [0, 0.1) is 5.92 Å². The fourth-order valence-corrected chi connectivity index (χ4v) is 3.58. The monoisotopic (exact) mass is 350 g/mol. The van der Waals surface area contributed by atoms with E-state index in [0.29, 0.717) is 26.1 Å². The highest BCUT2D eigenvalue weighted by molar-refractivity contribution is 7.98. The maximum atomic E-state index is 12.3. The van der Waals surface area contributed by atoms with E-state index in [0.717, 1.165) is 36.6 Å². The van der Waals surface area contributed by atoms with E-state index in [1.54, 1.807) is 18.0 Å². The van der Waals surface area contributed by atoms with Gasteiger partial charge in [0.15, 0.2) is 0 Å². The number of piperidine rings is 1. The summed E-state index contributed by atoms with van der Waals surface area (Å²) in [5.74, 6) is 1.64. The summed E-state index contributed by atoms with van der Waals surface area (Å²) < 4.78 is 0. The van der Waals surface area contributed by atoms with Crippen molar-refractivity contribution < 1.29 is 9.59 Å². The normalized spacial score (nSPS) is 17.5. The average molecular weight is 350 g/mol. The fourth-order valence-electron chi connectivity index (χ4n) is 2.74. The van der Waals surface area contributed by atoms with Gasteiger partial charge >= 0.3 is 0 Å². The third-order valence-corrected chi connectivity index (χ3v) is 5.02. The quantitative estimate of drug-likeness (QED) is 0.684. The van der Waals surface area contributed by atoms with Gasteiger partial charge in [0.2, 0.25) is 11.8 Å². The van der Waals surface area contributed by atoms with Gasteiger partial charge in [0.05, 0.1) is 11.6 Å². The molecule has 3 N–H and O–H groups in total. The van der Waals surface area contributed by atoms with Gasteiger partial charge in [-0.2, -0.15) is 11.8 Å². The Labute approximate surface area is 147 Å². The molecule has 6 nitrogen and oxygen atoms in total. The van der Waals surface area contributed by atoms with E-state index in [4.69, 9.17) is 5.73 Å². The lowest BCUT2D eigenvalue weighted by atomic mass is 9.97. The molecule has 0 radical (unpaired) electrons. The van der Waals surface area contributed by atoms with Crippen molar-refractivity contribution in [1.29, 1.82) is 0 Å². The Morgan fingerprint density at radius 2 is 2.29 bits per heavy atom. The number of hydrogen-bond acceptors (Lipinski definition) is 5. The molecule has 0 saturated carbocycles. The highest BCUT2D eigenvalue weighted by Crippen LogP contribution is 2.18. The SMILES string of the molecule is NCCNC(=O)C1CCCN(C(=O)CCSCc2ccccn2)C1. The predicted octanol–water partition coefficient (Wildman–Crippen LogP) is 1.02. The molecule has 0 spiro atoms. The van der Waals surface area contributed by atoms with E-state index < -0.39 is 0 Å². The van der Waals surface area contributed by atoms with Gasteiger partial charge < -0.3 is 16.0 Å². The molecule has 1 fully saturated rings. The van der Waals surface area contributed by atoms with Crippen LogP contribution in [0.15, 0.2) is 24.4 Å². The Balaban J connectivity index is 1.68. The number of amides is 2. The summed E-state index contributed by atoms with van der Waals surface area (Å²) in [6, 6.07) is 5.86. The van der Waals surface area contributed by atoms with Gasteiger partial charge in [0, 0.05) is 50.3 Å². The Kier molecular flexibility index (Phi) is 8.04. The molecule has 2 heterocycles. The molecule has 1 atom stereocenters. The van der Waals surface area contributed by atoms with Gasteiger partial charge in [-0.25, -0.2) is 0 Å². The highest BCUT2D eigenvalue weighted by atomic mass is 32.2. The summed E-state index contributed by atoms with van der Waals surface area (Å²) in [5, 5.41) is 2.82. The minimum atomic E-state index is -0.101. The maximum Gasteiger partial charge on any atom is 0.224 e. The Bertz CT molecular complexity index is 527. The first kappa shape index (κ1) is 18.7. The molecular formula is C17H26N4O2S. The molecule has 1 saturated heterocycles. The molecular weight excluding hydrogens is 324 g/mol. The molecule has 2 amide bonds. The van der Waals surface area contributed by atoms with E-state index in [1.807, 2.05) is 23.1 Å². The molecule has 0 aromatic carbocycles. The number of carbonyl (C=O) groups excluding carboxylic acids is 2. The van der Waals surface area contributed by atoms with Crippen LogP contribution in [0.3, 0.4) is 0 Å². The lowest BCUT2D eigenvalue weighted by Gasteiger charge is -2.32. The van der Waals surface area contributed by atoms with Gasteiger partial charge in [-0.1, -0.05) is 6.07 Å². The number of nitrogens with one attached hydrogen (secondary N) is 1. The molecule has 24 heavy (non-hydrogen) atoms. The van der Waals surface area contributed by atoms with Crippen LogP contribution in [-0.2, 0) is 15.3 Å². The minimum Gasteiger partial charge on any atom is -0.355 e. The second-order valence-corrected chi connectivity index (χ2v) is 6.99. The summed E-state index contributed by atoms with van der Waals surface area (Å²) in [6.45, 7) is 2.21. The van der Waals surface area contributed by atoms with Crippen LogP contribution in [0.2, 0.25) is 0 Å². The van der Waals surface area contributed by atoms with Crippen molar-refractivity contribution in [3.8, 4) is 0 Å². The van der Waals surface area contributed by atoms with Crippen LogP contribution in [0.5, 0.6) is 0 Å². The van der Waals surface area contributed by atoms with Gasteiger partial charge in [-0.05, 0) is 25.0 Å². The number of aromatic nitrogens is 1. The molecule has 7 heteroatoms. The third kappa shape index (κ3) is 6.13. The van der Waals surface area contributed by atoms with Crippen molar-refractivity contribution >= 4 is 23.6 Å². The number of thioether (sulfide) groups is 1. The first-order valence-electron chi connectivity index (χ1n) is 8.44. The second kappa shape index (κ2) is 10.3. The van der Waals surface area contributed by atoms with Crippen LogP contribution in [-0.4, -0.2) is 53.6 Å². The van der Waals surface area contributed by atoms with Crippen molar-refractivity contribution in [1.82, 2.24) is 15.2 Å². The van der Waals surface area contributed by atoms with Crippen molar-refractivity contribution in [3.63, 3.8) is 0 Å². The largest absolute Gasteiger partial charge is 0.355 e. The minimum absolute atomic E-state index is 0.0162. The number of rotatable bonds is 8. The molecule has 132 valence electrons. The van der Waals surface area contributed by atoms with Crippen molar-refractivity contribution in [3.05, 3.63) is 30.1 Å². The number of nitrogens with two attached hydrogens (primary N) is 1. The number of pyridine rings is 1. The Morgan fingerprint density at radius 3 is 3.04 bits per heavy atom. The second-order valence-electron chi connectivity index (χ2n) is 5.88. The summed E-state index contributed by atoms with van der Waals surface area (Å²) in [6.07, 6.45) is 4.02. The van der Waals surface area contributed by atoms with Gasteiger partial charge in [-0.3, -0.25) is 14.6 Å². The molecule has 1 aliphatic rings. The molecule has 0 bridgehead atoms. The standard InChI is InChI=1S/C17H26N4O2S/c18-7-9-20-17(23)14-4-3-10-21(12-14)16(22)6-11-24-13-15-5-1-2-8-19-15/h1-2,5,8,14H,3-4,6-7,9-13,18H2,(H,20,23). The fraction of sp³-hybridized carbons (Fsp3) is 0.588. The van der Waals surface area contributed by atoms with E-state index in [1.165, 1.54) is 0 Å². The van der Waals surface area contributed by atoms with Crippen LogP contribution < -0.4 is 11.1 Å². The molecule has 1 aromatic heterocycles. The Hall–Kier alpha value is -1.60. The average Bonchev–Trinajstić information content (AvgIpc) is 2.64. The summed E-state index contributed by atoms with van der Waals surface area (Å²) in [7, 11) is 0. The van der Waals surface area contributed by atoms with E-state index in [2.05, 4.69) is 10.3 Å². The molecule has 1 aliphatic heterocycles. The summed E-state index contributed by atoms with van der Waals surface area (Å²) in [5.41, 5.74) is 6.44. The highest BCUT2D eigenvalue weighted by Gasteiger charge is 2.27. The van der Waals surface area contributed by atoms with Crippen molar-refractivity contribution in [2.75, 3.05) is 31.9 Å². The van der Waals surface area contributed by atoms with Crippen molar-refractivity contribution in [2.24, 2.45) is 11.7 Å². The van der Waals surface area contributed by atoms with Crippen molar-refractivity contribution in [2.45, 2.75) is 25.0 Å². The lowest BCUT2D eigenvalue weighted by Crippen LogP contribution is -2.46. The predicted molar refractivity (Wildman–Crippen MR) is 96.4 cm³/mol. The number of hydrogen-bond donors (Lipinski definition) is 2. The van der Waals surface area contributed by atoms with E-state index in [-0.39, 0.29) is 17.7 Å². The summed E-state index contributed by atoms with van der Waals surface area (Å²) >= 11 is 1.71. The molecule has 0 aliphatic carbocycles. The first-order chi connectivity index (χ1) is 11.7. The van der Waals surface area contributed by atoms with Gasteiger partial charge in [0.1, 0.15) is 0 Å². The van der Waals surface area contributed by atoms with Crippen LogP contribution in [0.25, 0.3) is 0 Å². The third-order valence-electron chi connectivity index (χ3n) is 4.02. The van der Waals surface area contributed by atoms with Crippen LogP contribution in [0.1, 0.15) is 25.0 Å². The van der Waals surface area contributed by atoms with Crippen LogP contribution in [0.4, 0.5) is 0 Å². The number of carbonyl (C=O) groups is 2. The molecule has 2 rings (SSSR count).